The van der Waals surface area contributed by atoms with Crippen LogP contribution >= 0.6 is 0 Å². The van der Waals surface area contributed by atoms with Gasteiger partial charge in [-0.1, -0.05) is 55.8 Å². The number of alkyl carbamates (subject to hydrolysis) is 1. The largest absolute Gasteiger partial charge is 0.445 e. The van der Waals surface area contributed by atoms with Crippen molar-refractivity contribution in [2.75, 3.05) is 32.7 Å². The van der Waals surface area contributed by atoms with Gasteiger partial charge in [0.1, 0.15) is 18.2 Å². The molecular weight excluding hydrogens is 516 g/mol. The Balaban J connectivity index is 1.41. The molecule has 228 valence electrons. The molecule has 1 aromatic rings. The average Bonchev–Trinajstić information content (AvgIpc) is 2.96. The zero-order valence-electron chi connectivity index (χ0n) is 25.8. The lowest BCUT2D eigenvalue weighted by atomic mass is 9.81. The zero-order valence-corrected chi connectivity index (χ0v) is 25.8. The number of carbonyl (C=O) groups excluding carboxylic acids is 3. The van der Waals surface area contributed by atoms with Crippen LogP contribution in [-0.4, -0.2) is 72.0 Å². The SMILES string of the molecule is CCCN1C(=O)[C@H](CCCCNC(=O)OCc2ccccc2)NC(=O)C12CCN(CCC(C)CCC=C(C)C)CC2. The van der Waals surface area contributed by atoms with E-state index in [1.54, 1.807) is 0 Å². The maximum Gasteiger partial charge on any atom is 0.407 e. The second kappa shape index (κ2) is 16.5. The first-order valence-corrected chi connectivity index (χ1v) is 15.7. The molecule has 0 radical (unpaired) electrons. The Morgan fingerprint density at radius 3 is 2.54 bits per heavy atom. The molecule has 2 saturated heterocycles. The molecule has 2 heterocycles. The summed E-state index contributed by atoms with van der Waals surface area (Å²) >= 11 is 0. The van der Waals surface area contributed by atoms with Crippen molar-refractivity contribution in [2.24, 2.45) is 5.92 Å². The highest BCUT2D eigenvalue weighted by molar-refractivity contribution is 6.00. The van der Waals surface area contributed by atoms with E-state index >= 15 is 0 Å². The fourth-order valence-electron chi connectivity index (χ4n) is 5.90. The summed E-state index contributed by atoms with van der Waals surface area (Å²) in [5.74, 6) is 0.726. The van der Waals surface area contributed by atoms with Gasteiger partial charge in [0.05, 0.1) is 0 Å². The van der Waals surface area contributed by atoms with E-state index in [-0.39, 0.29) is 18.4 Å². The molecule has 2 N–H and O–H groups in total. The molecule has 1 spiro atoms. The van der Waals surface area contributed by atoms with Gasteiger partial charge < -0.3 is 25.2 Å². The van der Waals surface area contributed by atoms with Gasteiger partial charge >= 0.3 is 6.09 Å². The average molecular weight is 569 g/mol. The predicted molar refractivity (Wildman–Crippen MR) is 163 cm³/mol. The Labute approximate surface area is 247 Å². The summed E-state index contributed by atoms with van der Waals surface area (Å²) in [5.41, 5.74) is 1.60. The van der Waals surface area contributed by atoms with E-state index in [2.05, 4.69) is 49.3 Å². The van der Waals surface area contributed by atoms with Gasteiger partial charge in [-0.25, -0.2) is 4.79 Å². The van der Waals surface area contributed by atoms with Gasteiger partial charge in [0, 0.05) is 26.2 Å². The third-order valence-corrected chi connectivity index (χ3v) is 8.49. The second-order valence-electron chi connectivity index (χ2n) is 12.1. The maximum atomic E-state index is 13.6. The molecule has 2 aliphatic heterocycles. The molecule has 3 amide bonds. The minimum atomic E-state index is -0.723. The van der Waals surface area contributed by atoms with Gasteiger partial charge in [-0.2, -0.15) is 0 Å². The van der Waals surface area contributed by atoms with E-state index in [1.165, 1.54) is 12.0 Å². The number of hydrogen-bond donors (Lipinski definition) is 2. The number of ether oxygens (including phenoxy) is 1. The second-order valence-corrected chi connectivity index (χ2v) is 12.1. The number of rotatable bonds is 15. The summed E-state index contributed by atoms with van der Waals surface area (Å²) in [4.78, 5) is 43.4. The monoisotopic (exact) mass is 568 g/mol. The van der Waals surface area contributed by atoms with Crippen molar-refractivity contribution in [3.8, 4) is 0 Å². The normalized spacial score (nSPS) is 19.5. The molecule has 1 unspecified atom stereocenters. The van der Waals surface area contributed by atoms with Crippen LogP contribution in [0.25, 0.3) is 0 Å². The highest BCUT2D eigenvalue weighted by Gasteiger charge is 2.53. The summed E-state index contributed by atoms with van der Waals surface area (Å²) in [7, 11) is 0. The lowest BCUT2D eigenvalue weighted by Crippen LogP contribution is -2.72. The van der Waals surface area contributed by atoms with E-state index in [0.29, 0.717) is 44.7 Å². The third-order valence-electron chi connectivity index (χ3n) is 8.49. The quantitative estimate of drug-likeness (QED) is 0.218. The van der Waals surface area contributed by atoms with Crippen molar-refractivity contribution < 1.29 is 19.1 Å². The molecule has 2 fully saturated rings. The molecule has 3 rings (SSSR count). The van der Waals surface area contributed by atoms with Crippen LogP contribution in [0.5, 0.6) is 0 Å². The highest BCUT2D eigenvalue weighted by atomic mass is 16.5. The van der Waals surface area contributed by atoms with Crippen LogP contribution in [0.4, 0.5) is 4.79 Å². The Morgan fingerprint density at radius 1 is 1.12 bits per heavy atom. The lowest BCUT2D eigenvalue weighted by molar-refractivity contribution is -0.161. The molecule has 1 aromatic carbocycles. The summed E-state index contributed by atoms with van der Waals surface area (Å²) in [5, 5.41) is 5.86. The van der Waals surface area contributed by atoms with Crippen LogP contribution in [0.3, 0.4) is 0 Å². The topological polar surface area (TPSA) is 91.0 Å². The minimum absolute atomic E-state index is 0.00732. The zero-order chi connectivity index (χ0) is 29.7. The van der Waals surface area contributed by atoms with Gasteiger partial charge in [0.25, 0.3) is 0 Å². The van der Waals surface area contributed by atoms with E-state index in [0.717, 1.165) is 50.9 Å². The molecule has 0 saturated carbocycles. The number of benzene rings is 1. The van der Waals surface area contributed by atoms with Crippen molar-refractivity contribution in [1.82, 2.24) is 20.4 Å². The van der Waals surface area contributed by atoms with Gasteiger partial charge in [-0.3, -0.25) is 9.59 Å². The smallest absolute Gasteiger partial charge is 0.407 e. The Hall–Kier alpha value is -2.87. The minimum Gasteiger partial charge on any atom is -0.445 e. The number of nitrogens with one attached hydrogen (secondary N) is 2. The summed E-state index contributed by atoms with van der Waals surface area (Å²) in [6.07, 6.45) is 9.59. The number of likely N-dealkylation sites (tertiary alicyclic amines) is 1. The van der Waals surface area contributed by atoms with Crippen LogP contribution in [0, 0.1) is 5.92 Å². The van der Waals surface area contributed by atoms with Crippen LogP contribution in [-0.2, 0) is 20.9 Å². The van der Waals surface area contributed by atoms with Crippen LogP contribution < -0.4 is 10.6 Å². The van der Waals surface area contributed by atoms with Gasteiger partial charge in [-0.05, 0) is 89.7 Å². The van der Waals surface area contributed by atoms with Crippen molar-refractivity contribution in [3.05, 3.63) is 47.5 Å². The van der Waals surface area contributed by atoms with Crippen LogP contribution in [0.2, 0.25) is 0 Å². The predicted octanol–water partition coefficient (Wildman–Crippen LogP) is 5.43. The summed E-state index contributed by atoms with van der Waals surface area (Å²) in [6.45, 7) is 12.7. The highest BCUT2D eigenvalue weighted by Crippen LogP contribution is 2.34. The molecule has 2 aliphatic rings. The molecule has 41 heavy (non-hydrogen) atoms. The standard InChI is InChI=1S/C33H52N4O4/c1-5-21-37-30(38)29(16-9-10-20-34-32(40)41-25-28-14-7-6-8-15-28)35-31(39)33(37)18-23-36(24-19-33)22-17-27(4)13-11-12-26(2)3/h6-8,12,14-15,27,29H,5,9-11,13,16-25H2,1-4H3,(H,34,40)(H,35,39)/t27?,29-/m0/s1. The van der Waals surface area contributed by atoms with Crippen LogP contribution in [0.15, 0.2) is 42.0 Å². The number of piperidine rings is 1. The number of piperazine rings is 1. The van der Waals surface area contributed by atoms with Crippen LogP contribution in [0.1, 0.15) is 91.0 Å². The molecule has 0 bridgehead atoms. The number of unbranched alkanes of at least 4 members (excludes halogenated alkanes) is 1. The van der Waals surface area contributed by atoms with E-state index < -0.39 is 17.7 Å². The van der Waals surface area contributed by atoms with E-state index in [9.17, 15) is 14.4 Å². The van der Waals surface area contributed by atoms with Gasteiger partial charge in [-0.15, -0.1) is 0 Å². The first-order chi connectivity index (χ1) is 19.7. The number of amides is 3. The summed E-state index contributed by atoms with van der Waals surface area (Å²) < 4.78 is 5.24. The first kappa shape index (κ1) is 32.6. The molecule has 0 aromatic heterocycles. The number of nitrogens with zero attached hydrogens (tertiary/aromatic N) is 2. The molecule has 2 atom stereocenters. The van der Waals surface area contributed by atoms with Crippen molar-refractivity contribution in [1.29, 1.82) is 0 Å². The number of allylic oxidation sites excluding steroid dienone is 2. The van der Waals surface area contributed by atoms with E-state index in [1.807, 2.05) is 35.2 Å². The van der Waals surface area contributed by atoms with Gasteiger partial charge in [0.15, 0.2) is 0 Å². The first-order valence-electron chi connectivity index (χ1n) is 15.7. The molecule has 8 nitrogen and oxygen atoms in total. The third kappa shape index (κ3) is 9.87. The van der Waals surface area contributed by atoms with Crippen molar-refractivity contribution >= 4 is 17.9 Å². The Kier molecular flexibility index (Phi) is 13.2. The maximum absolute atomic E-state index is 13.6. The molecule has 8 heteroatoms. The van der Waals surface area contributed by atoms with Crippen molar-refractivity contribution in [2.45, 2.75) is 104 Å². The Bertz CT molecular complexity index is 1000. The fourth-order valence-corrected chi connectivity index (χ4v) is 5.90. The summed E-state index contributed by atoms with van der Waals surface area (Å²) in [6, 6.07) is 9.06. The van der Waals surface area contributed by atoms with Gasteiger partial charge in [0.2, 0.25) is 11.8 Å². The van der Waals surface area contributed by atoms with Crippen molar-refractivity contribution in [3.63, 3.8) is 0 Å². The number of carbonyl (C=O) groups is 3. The fraction of sp³-hybridized carbons (Fsp3) is 0.667. The van der Waals surface area contributed by atoms with E-state index in [4.69, 9.17) is 4.74 Å². The molecule has 0 aliphatic carbocycles. The Morgan fingerprint density at radius 2 is 1.85 bits per heavy atom. The number of hydrogen-bond acceptors (Lipinski definition) is 5. The lowest BCUT2D eigenvalue weighted by Gasteiger charge is -2.51. The molecular formula is C33H52N4O4.